The Morgan fingerprint density at radius 2 is 1.79 bits per heavy atom. The van der Waals surface area contributed by atoms with Crippen LogP contribution in [0, 0.1) is 5.82 Å². The summed E-state index contributed by atoms with van der Waals surface area (Å²) in [6.07, 6.45) is 0.775. The molecule has 0 aliphatic heterocycles. The smallest absolute Gasteiger partial charge is 0.183 e. The third-order valence-corrected chi connectivity index (χ3v) is 3.12. The number of ether oxygens (including phenoxy) is 1. The summed E-state index contributed by atoms with van der Waals surface area (Å²) in [5, 5.41) is 0.0627. The molecule has 0 heterocycles. The Bertz CT molecular complexity index is 560. The van der Waals surface area contributed by atoms with Crippen molar-refractivity contribution >= 4 is 11.6 Å². The summed E-state index contributed by atoms with van der Waals surface area (Å²) in [7, 11) is 0. The second-order valence-electron chi connectivity index (χ2n) is 4.15. The van der Waals surface area contributed by atoms with Crippen molar-refractivity contribution in [3.8, 4) is 5.75 Å². The molecular formula is C15H15ClFNO. The summed E-state index contributed by atoms with van der Waals surface area (Å²) in [6, 6.07) is 12.5. The summed E-state index contributed by atoms with van der Waals surface area (Å²) in [5.41, 5.74) is 7.69. The van der Waals surface area contributed by atoms with Crippen molar-refractivity contribution in [1.29, 1.82) is 0 Å². The van der Waals surface area contributed by atoms with Gasteiger partial charge in [0.1, 0.15) is 6.61 Å². The molecule has 19 heavy (non-hydrogen) atoms. The van der Waals surface area contributed by atoms with Crippen molar-refractivity contribution in [2.45, 2.75) is 13.0 Å². The van der Waals surface area contributed by atoms with E-state index in [1.54, 1.807) is 12.1 Å². The molecule has 0 radical (unpaired) electrons. The Kier molecular flexibility index (Phi) is 4.77. The molecule has 0 saturated carbocycles. The van der Waals surface area contributed by atoms with Crippen molar-refractivity contribution in [2.75, 3.05) is 6.54 Å². The summed E-state index contributed by atoms with van der Waals surface area (Å²) in [5.74, 6) is -0.365. The van der Waals surface area contributed by atoms with Crippen LogP contribution >= 0.6 is 11.6 Å². The Morgan fingerprint density at radius 3 is 2.53 bits per heavy atom. The third-order valence-electron chi connectivity index (χ3n) is 2.83. The molecule has 0 spiro atoms. The van der Waals surface area contributed by atoms with E-state index in [1.165, 1.54) is 6.07 Å². The highest BCUT2D eigenvalue weighted by Gasteiger charge is 2.08. The predicted molar refractivity (Wildman–Crippen MR) is 74.9 cm³/mol. The average molecular weight is 280 g/mol. The third kappa shape index (κ3) is 3.46. The highest BCUT2D eigenvalue weighted by molar-refractivity contribution is 6.30. The lowest BCUT2D eigenvalue weighted by Gasteiger charge is -2.11. The van der Waals surface area contributed by atoms with E-state index in [0.717, 1.165) is 17.5 Å². The van der Waals surface area contributed by atoms with E-state index in [-0.39, 0.29) is 10.8 Å². The van der Waals surface area contributed by atoms with E-state index >= 15 is 0 Å². The van der Waals surface area contributed by atoms with E-state index in [2.05, 4.69) is 0 Å². The van der Waals surface area contributed by atoms with E-state index in [1.807, 2.05) is 24.3 Å². The standard InChI is InChI=1S/C15H15ClFNO/c16-13-6-3-7-14(15(13)17)19-10-12-5-2-1-4-11(12)8-9-18/h1-7H,8-10,18H2. The molecule has 2 nitrogen and oxygen atoms in total. The Morgan fingerprint density at radius 1 is 1.05 bits per heavy atom. The van der Waals surface area contributed by atoms with Gasteiger partial charge in [-0.2, -0.15) is 0 Å². The van der Waals surface area contributed by atoms with Gasteiger partial charge in [0.15, 0.2) is 11.6 Å². The van der Waals surface area contributed by atoms with Gasteiger partial charge >= 0.3 is 0 Å². The van der Waals surface area contributed by atoms with Gasteiger partial charge in [0.05, 0.1) is 5.02 Å². The zero-order chi connectivity index (χ0) is 13.7. The highest BCUT2D eigenvalue weighted by Crippen LogP contribution is 2.25. The minimum Gasteiger partial charge on any atom is -0.486 e. The van der Waals surface area contributed by atoms with E-state index < -0.39 is 5.82 Å². The molecule has 100 valence electrons. The van der Waals surface area contributed by atoms with Crippen molar-refractivity contribution in [3.05, 3.63) is 64.4 Å². The first-order valence-corrected chi connectivity index (χ1v) is 6.44. The minimum absolute atomic E-state index is 0.0627. The molecule has 0 aliphatic rings. The van der Waals surface area contributed by atoms with Gasteiger partial charge in [-0.3, -0.25) is 0 Å². The van der Waals surface area contributed by atoms with Gasteiger partial charge in [-0.15, -0.1) is 0 Å². The van der Waals surface area contributed by atoms with Crippen molar-refractivity contribution in [3.63, 3.8) is 0 Å². The van der Waals surface area contributed by atoms with Crippen LogP contribution in [0.5, 0.6) is 5.75 Å². The van der Waals surface area contributed by atoms with Crippen molar-refractivity contribution in [1.82, 2.24) is 0 Å². The number of hydrogen-bond acceptors (Lipinski definition) is 2. The monoisotopic (exact) mass is 279 g/mol. The maximum atomic E-state index is 13.7. The molecule has 0 aliphatic carbocycles. The summed E-state index contributed by atoms with van der Waals surface area (Å²) < 4.78 is 19.2. The lowest BCUT2D eigenvalue weighted by Crippen LogP contribution is -2.07. The quantitative estimate of drug-likeness (QED) is 0.908. The highest BCUT2D eigenvalue weighted by atomic mass is 35.5. The molecule has 0 amide bonds. The Balaban J connectivity index is 2.12. The molecule has 4 heteroatoms. The van der Waals surface area contributed by atoms with Gasteiger partial charge in [0, 0.05) is 0 Å². The van der Waals surface area contributed by atoms with Crippen LogP contribution in [-0.2, 0) is 13.0 Å². The second kappa shape index (κ2) is 6.55. The van der Waals surface area contributed by atoms with Crippen LogP contribution in [0.3, 0.4) is 0 Å². The van der Waals surface area contributed by atoms with E-state index in [4.69, 9.17) is 22.1 Å². The van der Waals surface area contributed by atoms with Gasteiger partial charge in [0.2, 0.25) is 0 Å². The van der Waals surface area contributed by atoms with Crippen LogP contribution in [0.1, 0.15) is 11.1 Å². The van der Waals surface area contributed by atoms with Crippen LogP contribution in [0.4, 0.5) is 4.39 Å². The van der Waals surface area contributed by atoms with Gasteiger partial charge in [-0.1, -0.05) is 41.9 Å². The number of benzene rings is 2. The minimum atomic E-state index is -0.527. The average Bonchev–Trinajstić information content (AvgIpc) is 2.42. The summed E-state index contributed by atoms with van der Waals surface area (Å²) >= 11 is 5.71. The summed E-state index contributed by atoms with van der Waals surface area (Å²) in [6.45, 7) is 0.871. The van der Waals surface area contributed by atoms with Crippen molar-refractivity contribution in [2.24, 2.45) is 5.73 Å². The van der Waals surface area contributed by atoms with Crippen LogP contribution in [0.2, 0.25) is 5.02 Å². The topological polar surface area (TPSA) is 35.2 Å². The molecule has 0 atom stereocenters. The molecule has 2 rings (SSSR count). The van der Waals surface area contributed by atoms with E-state index in [0.29, 0.717) is 13.2 Å². The molecule has 0 aromatic heterocycles. The fourth-order valence-electron chi connectivity index (χ4n) is 1.85. The van der Waals surface area contributed by atoms with E-state index in [9.17, 15) is 4.39 Å². The zero-order valence-corrected chi connectivity index (χ0v) is 11.2. The Hall–Kier alpha value is -1.58. The first-order valence-electron chi connectivity index (χ1n) is 6.06. The second-order valence-corrected chi connectivity index (χ2v) is 4.56. The maximum absolute atomic E-state index is 13.7. The fourth-order valence-corrected chi connectivity index (χ4v) is 2.01. The lowest BCUT2D eigenvalue weighted by atomic mass is 10.1. The number of nitrogens with two attached hydrogens (primary N) is 1. The number of hydrogen-bond donors (Lipinski definition) is 1. The molecule has 2 aromatic carbocycles. The number of rotatable bonds is 5. The lowest BCUT2D eigenvalue weighted by molar-refractivity contribution is 0.289. The normalized spacial score (nSPS) is 10.5. The summed E-state index contributed by atoms with van der Waals surface area (Å²) in [4.78, 5) is 0. The largest absolute Gasteiger partial charge is 0.486 e. The molecule has 2 aromatic rings. The van der Waals surface area contributed by atoms with Crippen LogP contribution in [0.15, 0.2) is 42.5 Å². The van der Waals surface area contributed by atoms with Crippen LogP contribution in [0.25, 0.3) is 0 Å². The van der Waals surface area contributed by atoms with Gasteiger partial charge < -0.3 is 10.5 Å². The molecular weight excluding hydrogens is 265 g/mol. The van der Waals surface area contributed by atoms with Crippen LogP contribution < -0.4 is 10.5 Å². The van der Waals surface area contributed by atoms with Crippen LogP contribution in [-0.4, -0.2) is 6.54 Å². The van der Waals surface area contributed by atoms with Crippen molar-refractivity contribution < 1.29 is 9.13 Å². The first-order chi connectivity index (χ1) is 9.22. The molecule has 0 unspecified atom stereocenters. The Labute approximate surface area is 117 Å². The maximum Gasteiger partial charge on any atom is 0.183 e. The predicted octanol–water partition coefficient (Wildman–Crippen LogP) is 3.56. The molecule has 0 saturated heterocycles. The molecule has 0 fully saturated rings. The molecule has 2 N–H and O–H groups in total. The van der Waals surface area contributed by atoms with Gasteiger partial charge in [-0.05, 0) is 36.2 Å². The first kappa shape index (κ1) is 13.8. The number of halogens is 2. The fraction of sp³-hybridized carbons (Fsp3) is 0.200. The zero-order valence-electron chi connectivity index (χ0n) is 10.4. The molecule has 0 bridgehead atoms. The van der Waals surface area contributed by atoms with Gasteiger partial charge in [0.25, 0.3) is 0 Å². The SMILES string of the molecule is NCCc1ccccc1COc1cccc(Cl)c1F. The van der Waals surface area contributed by atoms with Gasteiger partial charge in [-0.25, -0.2) is 4.39 Å².